The molecule has 2 aromatic carbocycles. The van der Waals surface area contributed by atoms with Gasteiger partial charge in [-0.1, -0.05) is 48.5 Å². The molecule has 0 spiro atoms. The minimum absolute atomic E-state index is 0. The third kappa shape index (κ3) is 5.51. The monoisotopic (exact) mass is 440 g/mol. The van der Waals surface area contributed by atoms with E-state index in [9.17, 15) is 9.59 Å². The number of hydrogen-bond donors (Lipinski definition) is 1. The smallest absolute Gasteiger partial charge is 0.272 e. The molecule has 0 saturated carbocycles. The van der Waals surface area contributed by atoms with Crippen LogP contribution in [0.25, 0.3) is 10.9 Å². The van der Waals surface area contributed by atoms with E-state index in [4.69, 9.17) is 0 Å². The summed E-state index contributed by atoms with van der Waals surface area (Å²) in [6.45, 7) is 5.31. The molecule has 0 aliphatic carbocycles. The number of amides is 1. The van der Waals surface area contributed by atoms with Crippen LogP contribution in [0.5, 0.6) is 0 Å². The van der Waals surface area contributed by atoms with E-state index in [0.717, 1.165) is 38.9 Å². The number of carbonyl (C=O) groups is 2. The number of fused-ring (bicyclic) bond motifs is 1. The van der Waals surface area contributed by atoms with Gasteiger partial charge in [0.05, 0.1) is 5.52 Å². The Morgan fingerprint density at radius 3 is 2.42 bits per heavy atom. The molecule has 1 aromatic heterocycles. The molecule has 0 radical (unpaired) electrons. The summed E-state index contributed by atoms with van der Waals surface area (Å²) in [7, 11) is 0. The first-order valence-electron chi connectivity index (χ1n) is 10.6. The topological polar surface area (TPSA) is 67.2 Å². The van der Waals surface area contributed by atoms with E-state index in [1.165, 1.54) is 17.2 Å². The average Bonchev–Trinajstić information content (AvgIpc) is 3.18. The lowest BCUT2D eigenvalue weighted by molar-refractivity contribution is 0.0919. The van der Waals surface area contributed by atoms with E-state index in [1.54, 1.807) is 0 Å². The Morgan fingerprint density at radius 1 is 1.03 bits per heavy atom. The van der Waals surface area contributed by atoms with Gasteiger partial charge >= 0.3 is 0 Å². The predicted molar refractivity (Wildman–Crippen MR) is 125 cm³/mol. The molecule has 0 atom stereocenters. The number of benzene rings is 2. The first-order valence-corrected chi connectivity index (χ1v) is 10.6. The molecule has 0 unspecified atom stereocenters. The van der Waals surface area contributed by atoms with Gasteiger partial charge < -0.3 is 10.2 Å². The summed E-state index contributed by atoms with van der Waals surface area (Å²) in [5, 5.41) is 8.01. The summed E-state index contributed by atoms with van der Waals surface area (Å²) in [6.07, 6.45) is 3.24. The summed E-state index contributed by atoms with van der Waals surface area (Å²) in [5.74, 6) is 0.0638. The second kappa shape index (κ2) is 10.6. The first-order chi connectivity index (χ1) is 14.6. The Morgan fingerprint density at radius 2 is 1.71 bits per heavy atom. The van der Waals surface area contributed by atoms with Crippen molar-refractivity contribution >= 4 is 35.1 Å². The summed E-state index contributed by atoms with van der Waals surface area (Å²) in [4.78, 5) is 27.1. The molecule has 1 amide bonds. The van der Waals surface area contributed by atoms with E-state index in [2.05, 4.69) is 45.6 Å². The highest BCUT2D eigenvalue weighted by atomic mass is 35.5. The van der Waals surface area contributed by atoms with Gasteiger partial charge in [-0.05, 0) is 49.9 Å². The number of hydrogen-bond acceptors (Lipinski definition) is 4. The van der Waals surface area contributed by atoms with Gasteiger partial charge in [0.1, 0.15) is 0 Å². The van der Waals surface area contributed by atoms with Crippen molar-refractivity contribution in [3.8, 4) is 0 Å². The third-order valence-corrected chi connectivity index (χ3v) is 5.92. The van der Waals surface area contributed by atoms with Crippen LogP contribution in [-0.4, -0.2) is 52.7 Å². The number of piperidine rings is 1. The highest BCUT2D eigenvalue weighted by molar-refractivity contribution is 6.06. The number of para-hydroxylation sites is 1. The molecule has 3 aromatic rings. The van der Waals surface area contributed by atoms with Crippen molar-refractivity contribution in [3.63, 3.8) is 0 Å². The van der Waals surface area contributed by atoms with Crippen molar-refractivity contribution in [1.82, 2.24) is 20.0 Å². The maximum Gasteiger partial charge on any atom is 0.272 e. The second-order valence-electron chi connectivity index (χ2n) is 8.03. The van der Waals surface area contributed by atoms with Crippen molar-refractivity contribution < 1.29 is 9.59 Å². The number of aromatic nitrogens is 2. The summed E-state index contributed by atoms with van der Waals surface area (Å²) >= 11 is 0. The number of likely N-dealkylation sites (tertiary alicyclic amines) is 1. The highest BCUT2D eigenvalue weighted by Crippen LogP contribution is 2.20. The average molecular weight is 441 g/mol. The van der Waals surface area contributed by atoms with Crippen molar-refractivity contribution in [2.24, 2.45) is 5.92 Å². The zero-order valence-electron chi connectivity index (χ0n) is 17.8. The van der Waals surface area contributed by atoms with E-state index in [0.29, 0.717) is 29.1 Å². The minimum atomic E-state index is -0.210. The van der Waals surface area contributed by atoms with Gasteiger partial charge in [-0.15, -0.1) is 12.4 Å². The number of carbonyl (C=O) groups excluding carboxylic acids is 2. The van der Waals surface area contributed by atoms with Crippen LogP contribution in [0.3, 0.4) is 0 Å². The molecule has 1 aliphatic rings. The lowest BCUT2D eigenvalue weighted by Crippen LogP contribution is -2.39. The highest BCUT2D eigenvalue weighted by Gasteiger charge is 2.22. The number of nitrogens with zero attached hydrogens (tertiary/aromatic N) is 3. The predicted octanol–water partition coefficient (Wildman–Crippen LogP) is 3.80. The van der Waals surface area contributed by atoms with Crippen LogP contribution in [0.2, 0.25) is 0 Å². The van der Waals surface area contributed by atoms with Crippen molar-refractivity contribution in [3.05, 3.63) is 65.9 Å². The Kier molecular flexibility index (Phi) is 7.82. The molecule has 6 nitrogen and oxygen atoms in total. The number of nitrogens with one attached hydrogen (secondary N) is 1. The Balaban J connectivity index is 0.00000272. The van der Waals surface area contributed by atoms with Gasteiger partial charge in [-0.2, -0.15) is 9.78 Å². The van der Waals surface area contributed by atoms with Crippen LogP contribution >= 0.6 is 12.4 Å². The normalized spacial score (nSPS) is 14.9. The summed E-state index contributed by atoms with van der Waals surface area (Å²) < 4.78 is 1.30. The summed E-state index contributed by atoms with van der Waals surface area (Å²) in [6, 6.07) is 17.9. The van der Waals surface area contributed by atoms with Crippen LogP contribution in [0.4, 0.5) is 0 Å². The van der Waals surface area contributed by atoms with E-state index in [1.807, 2.05) is 24.3 Å². The number of rotatable bonds is 6. The molecule has 2 heterocycles. The Bertz CT molecular complexity index is 1030. The zero-order valence-corrected chi connectivity index (χ0v) is 18.6. The molecule has 4 rings (SSSR count). The fourth-order valence-corrected chi connectivity index (χ4v) is 4.14. The van der Waals surface area contributed by atoms with E-state index < -0.39 is 0 Å². The van der Waals surface area contributed by atoms with Gasteiger partial charge in [0.15, 0.2) is 5.69 Å². The fraction of sp³-hybridized carbons (Fsp3) is 0.375. The van der Waals surface area contributed by atoms with Gasteiger partial charge in [0.2, 0.25) is 5.91 Å². The van der Waals surface area contributed by atoms with Crippen molar-refractivity contribution in [2.75, 3.05) is 26.2 Å². The van der Waals surface area contributed by atoms with Gasteiger partial charge in [-0.3, -0.25) is 9.59 Å². The van der Waals surface area contributed by atoms with Crippen LogP contribution in [-0.2, 0) is 6.42 Å². The number of halogens is 1. The van der Waals surface area contributed by atoms with Crippen LogP contribution in [0.15, 0.2) is 54.6 Å². The third-order valence-electron chi connectivity index (χ3n) is 5.92. The maximum atomic E-state index is 12.8. The minimum Gasteiger partial charge on any atom is -0.350 e. The standard InChI is InChI=1S/C24H28N4O2.ClH/c1-18(29)28-22-10-6-5-9-21(22)23(26-28)24(30)25-17-20-12-15-27(16-13-20)14-11-19-7-3-2-4-8-19;/h2-10,20H,11-17H2,1H3,(H,25,30);1H. The molecule has 1 N–H and O–H groups in total. The van der Waals surface area contributed by atoms with E-state index in [-0.39, 0.29) is 24.2 Å². The first kappa shape index (κ1) is 23.0. The SMILES string of the molecule is CC(=O)n1nc(C(=O)NCC2CCN(CCc3ccccc3)CC2)c2ccccc21.Cl. The zero-order chi connectivity index (χ0) is 20.9. The molecule has 1 fully saturated rings. The molecular weight excluding hydrogens is 412 g/mol. The van der Waals surface area contributed by atoms with Crippen LogP contribution in [0.1, 0.15) is 40.6 Å². The van der Waals surface area contributed by atoms with Crippen molar-refractivity contribution in [1.29, 1.82) is 0 Å². The van der Waals surface area contributed by atoms with Gasteiger partial charge in [0, 0.05) is 25.4 Å². The molecule has 1 saturated heterocycles. The second-order valence-corrected chi connectivity index (χ2v) is 8.03. The van der Waals surface area contributed by atoms with Gasteiger partial charge in [0.25, 0.3) is 5.91 Å². The molecule has 7 heteroatoms. The lowest BCUT2D eigenvalue weighted by atomic mass is 9.96. The molecule has 1 aliphatic heterocycles. The van der Waals surface area contributed by atoms with Crippen LogP contribution in [0, 0.1) is 5.92 Å². The maximum absolute atomic E-state index is 12.8. The quantitative estimate of drug-likeness (QED) is 0.633. The lowest BCUT2D eigenvalue weighted by Gasteiger charge is -2.32. The van der Waals surface area contributed by atoms with Gasteiger partial charge in [-0.25, -0.2) is 0 Å². The Labute approximate surface area is 189 Å². The molecule has 0 bridgehead atoms. The fourth-order valence-electron chi connectivity index (χ4n) is 4.14. The molecule has 31 heavy (non-hydrogen) atoms. The molecule has 164 valence electrons. The molecular formula is C24H29ClN4O2. The largest absolute Gasteiger partial charge is 0.350 e. The Hall–Kier alpha value is -2.70. The summed E-state index contributed by atoms with van der Waals surface area (Å²) in [5.41, 5.74) is 2.37. The van der Waals surface area contributed by atoms with Crippen molar-refractivity contribution in [2.45, 2.75) is 26.2 Å². The van der Waals surface area contributed by atoms with E-state index >= 15 is 0 Å². The van der Waals surface area contributed by atoms with Crippen LogP contribution < -0.4 is 5.32 Å².